The summed E-state index contributed by atoms with van der Waals surface area (Å²) in [4.78, 5) is 15.0. The predicted molar refractivity (Wildman–Crippen MR) is 109 cm³/mol. The van der Waals surface area contributed by atoms with Gasteiger partial charge in [-0.3, -0.25) is 9.69 Å². The number of hydrogen-bond donors (Lipinski definition) is 1. The molecular formula is C21H24Cl2N2O. The summed E-state index contributed by atoms with van der Waals surface area (Å²) in [7, 11) is 0. The Balaban J connectivity index is 1.65. The second kappa shape index (κ2) is 8.43. The third-order valence-electron chi connectivity index (χ3n) is 4.81. The van der Waals surface area contributed by atoms with Crippen molar-refractivity contribution in [3.05, 3.63) is 63.1 Å². The lowest BCUT2D eigenvalue weighted by Crippen LogP contribution is -2.40. The Labute approximate surface area is 165 Å². The van der Waals surface area contributed by atoms with Crippen LogP contribution < -0.4 is 5.32 Å². The number of carbonyl (C=O) groups excluding carboxylic acids is 1. The standard InChI is InChI=1S/C21H24Cl2N2O/c1-14-9-15(2)11-17(10-14)24-21(26)16-5-4-8-25(12-16)13-18-19(22)6-3-7-20(18)23/h3,6-7,9-11,16H,4-5,8,12-13H2,1-2H3,(H,24,26)/t16-/m0/s1. The number of rotatable bonds is 4. The molecule has 26 heavy (non-hydrogen) atoms. The fourth-order valence-electron chi connectivity index (χ4n) is 3.61. The zero-order chi connectivity index (χ0) is 18.7. The lowest BCUT2D eigenvalue weighted by molar-refractivity contribution is -0.121. The van der Waals surface area contributed by atoms with Crippen molar-refractivity contribution < 1.29 is 4.79 Å². The average Bonchev–Trinajstić information content (AvgIpc) is 2.57. The van der Waals surface area contributed by atoms with Crippen molar-refractivity contribution in [1.29, 1.82) is 0 Å². The van der Waals surface area contributed by atoms with E-state index in [1.807, 2.05) is 44.2 Å². The van der Waals surface area contributed by atoms with Gasteiger partial charge in [-0.05, 0) is 68.6 Å². The van der Waals surface area contributed by atoms with E-state index in [1.165, 1.54) is 0 Å². The van der Waals surface area contributed by atoms with Crippen LogP contribution in [-0.4, -0.2) is 23.9 Å². The number of amides is 1. The minimum absolute atomic E-state index is 0.0224. The predicted octanol–water partition coefficient (Wildman–Crippen LogP) is 5.46. The summed E-state index contributed by atoms with van der Waals surface area (Å²) < 4.78 is 0. The van der Waals surface area contributed by atoms with Crippen LogP contribution in [0.5, 0.6) is 0 Å². The van der Waals surface area contributed by atoms with E-state index in [9.17, 15) is 4.79 Å². The molecule has 0 unspecified atom stereocenters. The number of anilines is 1. The van der Waals surface area contributed by atoms with Gasteiger partial charge in [-0.25, -0.2) is 0 Å². The summed E-state index contributed by atoms with van der Waals surface area (Å²) in [5.41, 5.74) is 4.11. The molecule has 1 atom stereocenters. The number of halogens is 2. The number of likely N-dealkylation sites (tertiary alicyclic amines) is 1. The Bertz CT molecular complexity index is 766. The van der Waals surface area contributed by atoms with Crippen molar-refractivity contribution in [3.8, 4) is 0 Å². The number of aryl methyl sites for hydroxylation is 2. The normalized spacial score (nSPS) is 17.9. The van der Waals surface area contributed by atoms with Crippen molar-refractivity contribution in [2.75, 3.05) is 18.4 Å². The van der Waals surface area contributed by atoms with E-state index in [2.05, 4.69) is 16.3 Å². The Morgan fingerprint density at radius 1 is 1.15 bits per heavy atom. The summed E-state index contributed by atoms with van der Waals surface area (Å²) in [5.74, 6) is 0.0655. The van der Waals surface area contributed by atoms with Gasteiger partial charge in [0.1, 0.15) is 0 Å². The maximum absolute atomic E-state index is 12.7. The van der Waals surface area contributed by atoms with E-state index < -0.39 is 0 Å². The first-order chi connectivity index (χ1) is 12.4. The minimum Gasteiger partial charge on any atom is -0.326 e. The van der Waals surface area contributed by atoms with Crippen molar-refractivity contribution in [2.45, 2.75) is 33.2 Å². The molecule has 2 aromatic carbocycles. The van der Waals surface area contributed by atoms with E-state index in [0.29, 0.717) is 16.6 Å². The van der Waals surface area contributed by atoms with Crippen LogP contribution in [0.15, 0.2) is 36.4 Å². The molecule has 0 spiro atoms. The molecule has 3 nitrogen and oxygen atoms in total. The summed E-state index contributed by atoms with van der Waals surface area (Å²) in [6.45, 7) is 6.43. The topological polar surface area (TPSA) is 32.3 Å². The SMILES string of the molecule is Cc1cc(C)cc(NC(=O)[C@H]2CCCN(Cc3c(Cl)cccc3Cl)C2)c1. The quantitative estimate of drug-likeness (QED) is 0.751. The van der Waals surface area contributed by atoms with Crippen molar-refractivity contribution in [3.63, 3.8) is 0 Å². The number of nitrogens with one attached hydrogen (secondary N) is 1. The van der Waals surface area contributed by atoms with Crippen molar-refractivity contribution in [1.82, 2.24) is 4.90 Å². The summed E-state index contributed by atoms with van der Waals surface area (Å²) in [5, 5.41) is 4.44. The van der Waals surface area contributed by atoms with Gasteiger partial charge in [-0.2, -0.15) is 0 Å². The maximum atomic E-state index is 12.7. The van der Waals surface area contributed by atoms with Crippen LogP contribution in [0.1, 0.15) is 29.5 Å². The van der Waals surface area contributed by atoms with Crippen molar-refractivity contribution >= 4 is 34.8 Å². The third-order valence-corrected chi connectivity index (χ3v) is 5.52. The molecule has 5 heteroatoms. The molecule has 1 fully saturated rings. The molecule has 0 bridgehead atoms. The maximum Gasteiger partial charge on any atom is 0.228 e. The molecule has 2 aromatic rings. The molecule has 0 aliphatic carbocycles. The van der Waals surface area contributed by atoms with Crippen LogP contribution in [0.4, 0.5) is 5.69 Å². The van der Waals surface area contributed by atoms with Gasteiger partial charge >= 0.3 is 0 Å². The monoisotopic (exact) mass is 390 g/mol. The van der Waals surface area contributed by atoms with Crippen molar-refractivity contribution in [2.24, 2.45) is 5.92 Å². The first kappa shape index (κ1) is 19.2. The van der Waals surface area contributed by atoms with Gasteiger partial charge in [-0.15, -0.1) is 0 Å². The Morgan fingerprint density at radius 2 is 1.81 bits per heavy atom. The van der Waals surface area contributed by atoms with Crippen LogP contribution in [0, 0.1) is 19.8 Å². The van der Waals surface area contributed by atoms with E-state index in [-0.39, 0.29) is 11.8 Å². The van der Waals surface area contributed by atoms with Gasteiger partial charge in [0.05, 0.1) is 5.92 Å². The Kier molecular flexibility index (Phi) is 6.23. The fourth-order valence-corrected chi connectivity index (χ4v) is 4.13. The minimum atomic E-state index is -0.0224. The van der Waals surface area contributed by atoms with Crippen LogP contribution in [-0.2, 0) is 11.3 Å². The zero-order valence-corrected chi connectivity index (χ0v) is 16.7. The highest BCUT2D eigenvalue weighted by atomic mass is 35.5. The molecule has 0 aromatic heterocycles. The zero-order valence-electron chi connectivity index (χ0n) is 15.2. The molecule has 1 aliphatic heterocycles. The molecular weight excluding hydrogens is 367 g/mol. The molecule has 1 N–H and O–H groups in total. The largest absolute Gasteiger partial charge is 0.326 e. The number of hydrogen-bond acceptors (Lipinski definition) is 2. The highest BCUT2D eigenvalue weighted by Crippen LogP contribution is 2.28. The van der Waals surface area contributed by atoms with Gasteiger partial charge in [0.15, 0.2) is 0 Å². The molecule has 138 valence electrons. The molecule has 1 aliphatic rings. The smallest absolute Gasteiger partial charge is 0.228 e. The highest BCUT2D eigenvalue weighted by Gasteiger charge is 2.26. The van der Waals surface area contributed by atoms with Crippen LogP contribution >= 0.6 is 23.2 Å². The van der Waals surface area contributed by atoms with Gasteiger partial charge in [0.25, 0.3) is 0 Å². The van der Waals surface area contributed by atoms with Crippen LogP contribution in [0.25, 0.3) is 0 Å². The second-order valence-electron chi connectivity index (χ2n) is 7.14. The fraction of sp³-hybridized carbons (Fsp3) is 0.381. The molecule has 1 heterocycles. The van der Waals surface area contributed by atoms with Gasteiger partial charge in [0, 0.05) is 34.4 Å². The Hall–Kier alpha value is -1.55. The lowest BCUT2D eigenvalue weighted by Gasteiger charge is -2.32. The lowest BCUT2D eigenvalue weighted by atomic mass is 9.96. The highest BCUT2D eigenvalue weighted by molar-refractivity contribution is 6.35. The number of piperidine rings is 1. The van der Waals surface area contributed by atoms with E-state index >= 15 is 0 Å². The van der Waals surface area contributed by atoms with E-state index in [0.717, 1.165) is 48.3 Å². The van der Waals surface area contributed by atoms with Gasteiger partial charge in [-0.1, -0.05) is 35.3 Å². The van der Waals surface area contributed by atoms with Crippen LogP contribution in [0.2, 0.25) is 10.0 Å². The van der Waals surface area contributed by atoms with Crippen LogP contribution in [0.3, 0.4) is 0 Å². The summed E-state index contributed by atoms with van der Waals surface area (Å²) >= 11 is 12.6. The van der Waals surface area contributed by atoms with E-state index in [4.69, 9.17) is 23.2 Å². The summed E-state index contributed by atoms with van der Waals surface area (Å²) in [6, 6.07) is 11.7. The first-order valence-corrected chi connectivity index (χ1v) is 9.72. The molecule has 3 rings (SSSR count). The molecule has 0 saturated carbocycles. The summed E-state index contributed by atoms with van der Waals surface area (Å²) in [6.07, 6.45) is 1.90. The van der Waals surface area contributed by atoms with Gasteiger partial charge < -0.3 is 5.32 Å². The average molecular weight is 391 g/mol. The molecule has 1 amide bonds. The number of nitrogens with zero attached hydrogens (tertiary/aromatic N) is 1. The first-order valence-electron chi connectivity index (χ1n) is 8.97. The number of carbonyl (C=O) groups is 1. The number of benzene rings is 2. The second-order valence-corrected chi connectivity index (χ2v) is 7.95. The molecule has 1 saturated heterocycles. The molecule has 0 radical (unpaired) electrons. The third kappa shape index (κ3) is 4.79. The van der Waals surface area contributed by atoms with Gasteiger partial charge in [0.2, 0.25) is 5.91 Å². The van der Waals surface area contributed by atoms with E-state index in [1.54, 1.807) is 0 Å². The Morgan fingerprint density at radius 3 is 2.46 bits per heavy atom.